The van der Waals surface area contributed by atoms with Crippen LogP contribution in [0.2, 0.25) is 0 Å². The number of nitrogens with one attached hydrogen (secondary N) is 1. The van der Waals surface area contributed by atoms with Gasteiger partial charge in [0.2, 0.25) is 11.8 Å². The molecule has 244 valence electrons. The Kier molecular flexibility index (Phi) is 8.71. The Balaban J connectivity index is 1.13. The molecule has 7 heteroatoms. The molecule has 0 spiro atoms. The van der Waals surface area contributed by atoms with E-state index in [-0.39, 0.29) is 35.5 Å². The Labute approximate surface area is 280 Å². The van der Waals surface area contributed by atoms with Gasteiger partial charge >= 0.3 is 0 Å². The van der Waals surface area contributed by atoms with E-state index in [9.17, 15) is 19.1 Å². The standard InChI is InChI=1S/C41H39FN2O4/c1-25(2)32-23-33-39(41(47)44(40(33)46)31-17-15-30(16-18-31)43-29-11-7-4-8-12-29)34-24-48-37(38(32)34)20-14-28(27-9-5-3-6-10-27)21-26-13-19-36(45)35(42)22-26/h3-13,15-19,21-22,25,33-34,37,39,43,45H,14,20,23-24H2,1-2H3/b28-21-/t33-,34+,37-,39-/m1/s1. The lowest BCUT2D eigenvalue weighted by Gasteiger charge is -2.33. The van der Waals surface area contributed by atoms with Crippen LogP contribution in [0.3, 0.4) is 0 Å². The number of phenols is 1. The van der Waals surface area contributed by atoms with Crippen molar-refractivity contribution >= 4 is 40.5 Å². The first-order chi connectivity index (χ1) is 23.3. The molecular formula is C41H39FN2O4. The van der Waals surface area contributed by atoms with Crippen molar-refractivity contribution in [2.75, 3.05) is 16.8 Å². The molecule has 2 aliphatic heterocycles. The zero-order valence-electron chi connectivity index (χ0n) is 27.1. The van der Waals surface area contributed by atoms with Crippen molar-refractivity contribution in [2.24, 2.45) is 23.7 Å². The SMILES string of the molecule is CC(C)C1=C2[C@@H](CC/C(=C/c3ccc(O)c(F)c3)c3ccccc3)OC[C@@H]2[C@@H]2C(=O)N(c3ccc(Nc4ccccc4)cc3)C(=O)[C@@H]2C1. The maximum atomic E-state index is 14.2. The summed E-state index contributed by atoms with van der Waals surface area (Å²) in [6.45, 7) is 4.71. The van der Waals surface area contributed by atoms with Gasteiger partial charge in [0, 0.05) is 17.3 Å². The first kappa shape index (κ1) is 31.6. The molecule has 0 bridgehead atoms. The van der Waals surface area contributed by atoms with Crippen molar-refractivity contribution < 1.29 is 23.8 Å². The number of nitrogens with zero attached hydrogens (tertiary/aromatic N) is 1. The molecule has 2 saturated heterocycles. The minimum atomic E-state index is -0.661. The second-order valence-corrected chi connectivity index (χ2v) is 13.2. The molecule has 4 aromatic carbocycles. The zero-order chi connectivity index (χ0) is 33.4. The molecule has 0 aromatic heterocycles. The Morgan fingerprint density at radius 3 is 2.29 bits per heavy atom. The predicted molar refractivity (Wildman–Crippen MR) is 187 cm³/mol. The quantitative estimate of drug-likeness (QED) is 0.108. The summed E-state index contributed by atoms with van der Waals surface area (Å²) >= 11 is 0. The number of benzene rings is 4. The van der Waals surface area contributed by atoms with Crippen LogP contribution >= 0.6 is 0 Å². The first-order valence-corrected chi connectivity index (χ1v) is 16.7. The lowest BCUT2D eigenvalue weighted by Crippen LogP contribution is -2.35. The number of amides is 2. The summed E-state index contributed by atoms with van der Waals surface area (Å²) in [5.74, 6) is -2.13. The normalized spacial score (nSPS) is 22.3. The molecule has 48 heavy (non-hydrogen) atoms. The fraction of sp³-hybridized carbons (Fsp3) is 0.268. The van der Waals surface area contributed by atoms with E-state index in [0.29, 0.717) is 37.1 Å². The molecule has 2 fully saturated rings. The topological polar surface area (TPSA) is 78.9 Å². The summed E-state index contributed by atoms with van der Waals surface area (Å²) in [6.07, 6.45) is 3.67. The van der Waals surface area contributed by atoms with Crippen LogP contribution in [0.1, 0.15) is 44.2 Å². The van der Waals surface area contributed by atoms with E-state index in [0.717, 1.165) is 22.5 Å². The summed E-state index contributed by atoms with van der Waals surface area (Å²) in [7, 11) is 0. The summed E-state index contributed by atoms with van der Waals surface area (Å²) in [4.78, 5) is 29.4. The first-order valence-electron chi connectivity index (χ1n) is 16.7. The summed E-state index contributed by atoms with van der Waals surface area (Å²) in [5.41, 5.74) is 7.54. The van der Waals surface area contributed by atoms with Crippen molar-refractivity contribution in [3.63, 3.8) is 0 Å². The van der Waals surface area contributed by atoms with Gasteiger partial charge in [0.05, 0.1) is 30.2 Å². The van der Waals surface area contributed by atoms with E-state index in [1.807, 2.05) is 91.0 Å². The van der Waals surface area contributed by atoms with E-state index < -0.39 is 17.7 Å². The number of anilines is 3. The molecule has 3 aliphatic rings. The fourth-order valence-electron chi connectivity index (χ4n) is 7.65. The molecular weight excluding hydrogens is 603 g/mol. The summed E-state index contributed by atoms with van der Waals surface area (Å²) in [5, 5.41) is 13.0. The van der Waals surface area contributed by atoms with Crippen LogP contribution in [-0.4, -0.2) is 29.6 Å². The highest BCUT2D eigenvalue weighted by Crippen LogP contribution is 2.52. The third kappa shape index (κ3) is 6.06. The molecule has 0 unspecified atom stereocenters. The second kappa shape index (κ2) is 13.2. The van der Waals surface area contributed by atoms with Gasteiger partial charge in [-0.15, -0.1) is 0 Å². The number of carbonyl (C=O) groups excluding carboxylic acids is 2. The smallest absolute Gasteiger partial charge is 0.238 e. The second-order valence-electron chi connectivity index (χ2n) is 13.2. The molecule has 0 radical (unpaired) electrons. The molecule has 1 aliphatic carbocycles. The van der Waals surface area contributed by atoms with Gasteiger partial charge in [0.1, 0.15) is 0 Å². The minimum absolute atomic E-state index is 0.134. The molecule has 4 aromatic rings. The highest BCUT2D eigenvalue weighted by molar-refractivity contribution is 6.22. The number of rotatable bonds is 9. The lowest BCUT2D eigenvalue weighted by molar-refractivity contribution is -0.122. The third-order valence-electron chi connectivity index (χ3n) is 9.96. The molecule has 7 rings (SSSR count). The van der Waals surface area contributed by atoms with Gasteiger partial charge in [0.15, 0.2) is 11.6 Å². The molecule has 2 heterocycles. The molecule has 2 amide bonds. The number of allylic oxidation sites excluding steroid dienone is 2. The van der Waals surface area contributed by atoms with E-state index in [4.69, 9.17) is 4.74 Å². The van der Waals surface area contributed by atoms with Crippen molar-refractivity contribution in [3.05, 3.63) is 131 Å². The molecule has 4 atom stereocenters. The Hall–Kier alpha value is -5.01. The van der Waals surface area contributed by atoms with E-state index >= 15 is 0 Å². The van der Waals surface area contributed by atoms with Crippen LogP contribution in [0.4, 0.5) is 21.5 Å². The molecule has 2 N–H and O–H groups in total. The van der Waals surface area contributed by atoms with Crippen LogP contribution in [0.25, 0.3) is 11.6 Å². The molecule has 0 saturated carbocycles. The van der Waals surface area contributed by atoms with Crippen LogP contribution in [0.5, 0.6) is 5.75 Å². The Morgan fingerprint density at radius 1 is 0.917 bits per heavy atom. The third-order valence-corrected chi connectivity index (χ3v) is 9.96. The summed E-state index contributed by atoms with van der Waals surface area (Å²) < 4.78 is 20.7. The maximum absolute atomic E-state index is 14.2. The van der Waals surface area contributed by atoms with Gasteiger partial charge in [-0.25, -0.2) is 4.39 Å². The number of hydrogen-bond acceptors (Lipinski definition) is 5. The Morgan fingerprint density at radius 2 is 1.60 bits per heavy atom. The largest absolute Gasteiger partial charge is 0.505 e. The van der Waals surface area contributed by atoms with E-state index in [2.05, 4.69) is 19.2 Å². The number of imide groups is 1. The predicted octanol–water partition coefficient (Wildman–Crippen LogP) is 8.77. The van der Waals surface area contributed by atoms with Gasteiger partial charge in [-0.1, -0.05) is 80.1 Å². The van der Waals surface area contributed by atoms with Crippen LogP contribution in [-0.2, 0) is 14.3 Å². The Bertz CT molecular complexity index is 1890. The van der Waals surface area contributed by atoms with Crippen LogP contribution in [0.15, 0.2) is 114 Å². The number of hydrogen-bond donors (Lipinski definition) is 2. The lowest BCUT2D eigenvalue weighted by atomic mass is 9.67. The van der Waals surface area contributed by atoms with Crippen LogP contribution in [0, 0.1) is 29.5 Å². The minimum Gasteiger partial charge on any atom is -0.505 e. The number of ether oxygens (including phenoxy) is 1. The fourth-order valence-corrected chi connectivity index (χ4v) is 7.65. The zero-order valence-corrected chi connectivity index (χ0v) is 27.1. The van der Waals surface area contributed by atoms with Crippen molar-refractivity contribution in [1.29, 1.82) is 0 Å². The monoisotopic (exact) mass is 642 g/mol. The van der Waals surface area contributed by atoms with Crippen molar-refractivity contribution in [1.82, 2.24) is 0 Å². The van der Waals surface area contributed by atoms with Crippen molar-refractivity contribution in [2.45, 2.75) is 39.2 Å². The van der Waals surface area contributed by atoms with Gasteiger partial charge in [0.25, 0.3) is 0 Å². The van der Waals surface area contributed by atoms with Gasteiger partial charge < -0.3 is 15.2 Å². The number of halogens is 1. The number of fused-ring (bicyclic) bond motifs is 3. The molecule has 6 nitrogen and oxygen atoms in total. The average Bonchev–Trinajstić information content (AvgIpc) is 3.63. The van der Waals surface area contributed by atoms with Crippen molar-refractivity contribution in [3.8, 4) is 5.75 Å². The van der Waals surface area contributed by atoms with E-state index in [1.165, 1.54) is 28.2 Å². The van der Waals surface area contributed by atoms with Gasteiger partial charge in [-0.05, 0) is 96.0 Å². The highest BCUT2D eigenvalue weighted by atomic mass is 19.1. The number of carbonyl (C=O) groups is 2. The van der Waals surface area contributed by atoms with Crippen LogP contribution < -0.4 is 10.2 Å². The summed E-state index contributed by atoms with van der Waals surface area (Å²) in [6, 6.07) is 31.7. The number of phenolic OH excluding ortho intramolecular Hbond substituents is 1. The highest BCUT2D eigenvalue weighted by Gasteiger charge is 2.57. The number of para-hydroxylation sites is 1. The number of aromatic hydroxyl groups is 1. The van der Waals surface area contributed by atoms with Gasteiger partial charge in [-0.3, -0.25) is 14.5 Å². The maximum Gasteiger partial charge on any atom is 0.238 e. The van der Waals surface area contributed by atoms with E-state index in [1.54, 1.807) is 6.07 Å². The van der Waals surface area contributed by atoms with Gasteiger partial charge in [-0.2, -0.15) is 0 Å². The average molecular weight is 643 g/mol.